The summed E-state index contributed by atoms with van der Waals surface area (Å²) in [5.74, 6) is -0.770. The van der Waals surface area contributed by atoms with E-state index < -0.39 is 5.97 Å². The molecule has 0 aliphatic carbocycles. The molecule has 2 rings (SSSR count). The Morgan fingerprint density at radius 3 is 2.47 bits per heavy atom. The predicted molar refractivity (Wildman–Crippen MR) is 59.9 cm³/mol. The number of methoxy groups -OCH3 is 1. The highest BCUT2D eigenvalue weighted by molar-refractivity contribution is 6.09. The van der Waals surface area contributed by atoms with Crippen molar-refractivity contribution in [2.45, 2.75) is 0 Å². The Bertz CT molecular complexity index is 540. The summed E-state index contributed by atoms with van der Waals surface area (Å²) in [7, 11) is 1.25. The van der Waals surface area contributed by atoms with Gasteiger partial charge in [-0.2, -0.15) is 0 Å². The third-order valence-electron chi connectivity index (χ3n) is 2.28. The Morgan fingerprint density at radius 1 is 1.12 bits per heavy atom. The van der Waals surface area contributed by atoms with Gasteiger partial charge in [-0.05, 0) is 0 Å². The SMILES string of the molecule is COC(=O)c1cc(C(=O)c2ccccc2)co1. The molecular weight excluding hydrogens is 220 g/mol. The first-order chi connectivity index (χ1) is 8.22. The number of rotatable bonds is 3. The lowest BCUT2D eigenvalue weighted by Gasteiger charge is -1.95. The lowest BCUT2D eigenvalue weighted by Crippen LogP contribution is -2.01. The van der Waals surface area contributed by atoms with Gasteiger partial charge in [-0.1, -0.05) is 30.3 Å². The largest absolute Gasteiger partial charge is 0.463 e. The average Bonchev–Trinajstić information content (AvgIpc) is 2.87. The van der Waals surface area contributed by atoms with Crippen molar-refractivity contribution in [3.8, 4) is 0 Å². The van der Waals surface area contributed by atoms with Crippen molar-refractivity contribution < 1.29 is 18.7 Å². The molecule has 1 heterocycles. The molecular formula is C13H10O4. The fourth-order valence-corrected chi connectivity index (χ4v) is 1.42. The molecule has 4 heteroatoms. The van der Waals surface area contributed by atoms with E-state index in [0.717, 1.165) is 0 Å². The Kier molecular flexibility index (Phi) is 3.05. The van der Waals surface area contributed by atoms with Gasteiger partial charge in [-0.25, -0.2) is 4.79 Å². The van der Waals surface area contributed by atoms with Crippen LogP contribution < -0.4 is 0 Å². The average molecular weight is 230 g/mol. The summed E-state index contributed by atoms with van der Waals surface area (Å²) in [6.45, 7) is 0. The molecule has 86 valence electrons. The summed E-state index contributed by atoms with van der Waals surface area (Å²) < 4.78 is 9.46. The Balaban J connectivity index is 2.27. The molecule has 0 saturated carbocycles. The number of esters is 1. The van der Waals surface area contributed by atoms with E-state index in [0.29, 0.717) is 11.1 Å². The molecule has 2 aromatic rings. The molecule has 0 bridgehead atoms. The van der Waals surface area contributed by atoms with E-state index in [1.807, 2.05) is 6.07 Å². The second-order valence-electron chi connectivity index (χ2n) is 3.39. The van der Waals surface area contributed by atoms with Gasteiger partial charge in [0.2, 0.25) is 5.76 Å². The van der Waals surface area contributed by atoms with Crippen LogP contribution in [0.1, 0.15) is 26.5 Å². The van der Waals surface area contributed by atoms with E-state index in [-0.39, 0.29) is 11.5 Å². The van der Waals surface area contributed by atoms with Crippen LogP contribution in [0, 0.1) is 0 Å². The molecule has 0 fully saturated rings. The maximum atomic E-state index is 12.0. The number of hydrogen-bond acceptors (Lipinski definition) is 4. The van der Waals surface area contributed by atoms with Crippen LogP contribution in [0.2, 0.25) is 0 Å². The third-order valence-corrected chi connectivity index (χ3v) is 2.28. The maximum absolute atomic E-state index is 12.0. The van der Waals surface area contributed by atoms with Crippen LogP contribution in [0.25, 0.3) is 0 Å². The topological polar surface area (TPSA) is 56.5 Å². The van der Waals surface area contributed by atoms with Crippen molar-refractivity contribution in [3.05, 3.63) is 59.5 Å². The molecule has 0 aliphatic heterocycles. The Hall–Kier alpha value is -2.36. The smallest absolute Gasteiger partial charge is 0.373 e. The number of benzene rings is 1. The molecule has 17 heavy (non-hydrogen) atoms. The van der Waals surface area contributed by atoms with E-state index >= 15 is 0 Å². The molecule has 0 unspecified atom stereocenters. The van der Waals surface area contributed by atoms with Crippen LogP contribution in [-0.4, -0.2) is 18.9 Å². The standard InChI is InChI=1S/C13H10O4/c1-16-13(15)11-7-10(8-17-11)12(14)9-5-3-2-4-6-9/h2-8H,1H3. The lowest BCUT2D eigenvalue weighted by molar-refractivity contribution is 0.0565. The maximum Gasteiger partial charge on any atom is 0.373 e. The molecule has 0 aliphatic rings. The van der Waals surface area contributed by atoms with Crippen LogP contribution in [0.15, 0.2) is 47.1 Å². The predicted octanol–water partition coefficient (Wildman–Crippen LogP) is 2.30. The Morgan fingerprint density at radius 2 is 1.82 bits per heavy atom. The lowest BCUT2D eigenvalue weighted by atomic mass is 10.1. The zero-order valence-electron chi connectivity index (χ0n) is 9.17. The molecule has 0 N–H and O–H groups in total. The molecule has 0 amide bonds. The first-order valence-electron chi connectivity index (χ1n) is 4.99. The van der Waals surface area contributed by atoms with Gasteiger partial charge >= 0.3 is 5.97 Å². The summed E-state index contributed by atoms with van der Waals surface area (Å²) in [4.78, 5) is 23.1. The zero-order chi connectivity index (χ0) is 12.3. The zero-order valence-corrected chi connectivity index (χ0v) is 9.17. The minimum Gasteiger partial charge on any atom is -0.463 e. The van der Waals surface area contributed by atoms with Crippen LogP contribution in [0.4, 0.5) is 0 Å². The minimum atomic E-state index is -0.600. The second-order valence-corrected chi connectivity index (χ2v) is 3.39. The van der Waals surface area contributed by atoms with Gasteiger partial charge in [-0.3, -0.25) is 4.79 Å². The highest BCUT2D eigenvalue weighted by atomic mass is 16.5. The monoisotopic (exact) mass is 230 g/mol. The van der Waals surface area contributed by atoms with Gasteiger partial charge in [0.15, 0.2) is 5.78 Å². The fraction of sp³-hybridized carbons (Fsp3) is 0.0769. The van der Waals surface area contributed by atoms with Crippen molar-refractivity contribution in [2.75, 3.05) is 7.11 Å². The fourth-order valence-electron chi connectivity index (χ4n) is 1.42. The van der Waals surface area contributed by atoms with Crippen LogP contribution in [0.5, 0.6) is 0 Å². The molecule has 1 aromatic carbocycles. The van der Waals surface area contributed by atoms with Gasteiger partial charge < -0.3 is 9.15 Å². The summed E-state index contributed by atoms with van der Waals surface area (Å²) in [5.41, 5.74) is 0.876. The van der Waals surface area contributed by atoms with Gasteiger partial charge in [0.05, 0.1) is 12.7 Å². The normalized spacial score (nSPS) is 9.94. The quantitative estimate of drug-likeness (QED) is 0.599. The summed E-state index contributed by atoms with van der Waals surface area (Å²) in [6.07, 6.45) is 1.25. The first kappa shape index (κ1) is 11.1. The van der Waals surface area contributed by atoms with E-state index in [1.165, 1.54) is 19.4 Å². The van der Waals surface area contributed by atoms with E-state index in [1.54, 1.807) is 24.3 Å². The van der Waals surface area contributed by atoms with Gasteiger partial charge in [0, 0.05) is 11.6 Å². The van der Waals surface area contributed by atoms with Crippen molar-refractivity contribution in [3.63, 3.8) is 0 Å². The molecule has 4 nitrogen and oxygen atoms in total. The first-order valence-corrected chi connectivity index (χ1v) is 4.99. The van der Waals surface area contributed by atoms with Crippen LogP contribution >= 0.6 is 0 Å². The summed E-state index contributed by atoms with van der Waals surface area (Å²) >= 11 is 0. The molecule has 1 aromatic heterocycles. The van der Waals surface area contributed by atoms with Gasteiger partial charge in [0.25, 0.3) is 0 Å². The molecule has 0 spiro atoms. The van der Waals surface area contributed by atoms with E-state index in [9.17, 15) is 9.59 Å². The minimum absolute atomic E-state index is 0.0202. The second kappa shape index (κ2) is 4.65. The van der Waals surface area contributed by atoms with Crippen molar-refractivity contribution in [1.29, 1.82) is 0 Å². The molecule has 0 saturated heterocycles. The molecule has 0 atom stereocenters. The van der Waals surface area contributed by atoms with E-state index in [4.69, 9.17) is 4.42 Å². The summed E-state index contributed by atoms with van der Waals surface area (Å²) in [5, 5.41) is 0. The van der Waals surface area contributed by atoms with Crippen molar-refractivity contribution in [2.24, 2.45) is 0 Å². The highest BCUT2D eigenvalue weighted by Gasteiger charge is 2.16. The van der Waals surface area contributed by atoms with Gasteiger partial charge in [-0.15, -0.1) is 0 Å². The van der Waals surface area contributed by atoms with Crippen LogP contribution in [-0.2, 0) is 4.74 Å². The Labute approximate surface area is 97.8 Å². The number of hydrogen-bond donors (Lipinski definition) is 0. The third kappa shape index (κ3) is 2.25. The van der Waals surface area contributed by atoms with Crippen LogP contribution in [0.3, 0.4) is 0 Å². The number of ether oxygens (including phenoxy) is 1. The van der Waals surface area contributed by atoms with Crippen molar-refractivity contribution >= 4 is 11.8 Å². The number of furan rings is 1. The number of ketones is 1. The highest BCUT2D eigenvalue weighted by Crippen LogP contribution is 2.14. The molecule has 0 radical (unpaired) electrons. The van der Waals surface area contributed by atoms with E-state index in [2.05, 4.69) is 4.74 Å². The van der Waals surface area contributed by atoms with Gasteiger partial charge in [0.1, 0.15) is 6.26 Å². The van der Waals surface area contributed by atoms with Crippen molar-refractivity contribution in [1.82, 2.24) is 0 Å². The summed E-state index contributed by atoms with van der Waals surface area (Å²) in [6, 6.07) is 10.1. The number of carbonyl (C=O) groups excluding carboxylic acids is 2. The number of carbonyl (C=O) groups is 2.